The Morgan fingerprint density at radius 1 is 1.41 bits per heavy atom. The average molecular weight is 317 g/mol. The van der Waals surface area contributed by atoms with Crippen LogP contribution in [0.15, 0.2) is 23.1 Å². The van der Waals surface area contributed by atoms with Crippen molar-refractivity contribution >= 4 is 27.3 Å². The predicted octanol–water partition coefficient (Wildman–Crippen LogP) is 2.01. The summed E-state index contributed by atoms with van der Waals surface area (Å²) in [6.07, 6.45) is 1.44. The van der Waals surface area contributed by atoms with Crippen molar-refractivity contribution in [1.82, 2.24) is 14.8 Å². The first-order chi connectivity index (χ1) is 10.5. The summed E-state index contributed by atoms with van der Waals surface area (Å²) in [5, 5.41) is 3.58. The fraction of sp³-hybridized carbons (Fsp3) is 0.267. The molecule has 0 saturated carbocycles. The molecule has 0 radical (unpaired) electrons. The van der Waals surface area contributed by atoms with Crippen LogP contribution in [0.5, 0.6) is 0 Å². The molecule has 0 bridgehead atoms. The first kappa shape index (κ1) is 14.7. The van der Waals surface area contributed by atoms with E-state index < -0.39 is 0 Å². The lowest BCUT2D eigenvalue weighted by Gasteiger charge is -2.03. The van der Waals surface area contributed by atoms with Crippen LogP contribution in [0.25, 0.3) is 10.2 Å². The van der Waals surface area contributed by atoms with Crippen LogP contribution in [0, 0.1) is 6.92 Å². The average Bonchev–Trinajstić information content (AvgIpc) is 3.04. The van der Waals surface area contributed by atoms with Gasteiger partial charge in [0.05, 0.1) is 16.8 Å². The maximum atomic E-state index is 12.6. The number of fused-ring (bicyclic) bond motifs is 1. The number of H-pyrrole nitrogens is 1. The molecule has 0 aliphatic heterocycles. The van der Waals surface area contributed by atoms with Crippen LogP contribution in [0.4, 0.5) is 0 Å². The van der Waals surface area contributed by atoms with E-state index in [9.17, 15) is 9.59 Å². The number of carbonyl (C=O) groups excluding carboxylic acids is 1. The quantitative estimate of drug-likeness (QED) is 0.747. The summed E-state index contributed by atoms with van der Waals surface area (Å²) < 4.78 is 7.38. The normalized spacial score (nSPS) is 11.2. The van der Waals surface area contributed by atoms with Gasteiger partial charge in [-0.1, -0.05) is 0 Å². The molecule has 114 valence electrons. The number of hydrogen-bond donors (Lipinski definition) is 1. The number of thiazole rings is 1. The van der Waals surface area contributed by atoms with Gasteiger partial charge in [0.25, 0.3) is 5.56 Å². The van der Waals surface area contributed by atoms with Gasteiger partial charge >= 0.3 is 0 Å². The third-order valence-electron chi connectivity index (χ3n) is 3.55. The number of methoxy groups -OCH3 is 1. The lowest BCUT2D eigenvalue weighted by Crippen LogP contribution is -2.19. The highest BCUT2D eigenvalue weighted by Gasteiger charge is 2.19. The minimum absolute atomic E-state index is 0.136. The van der Waals surface area contributed by atoms with Gasteiger partial charge in [-0.05, 0) is 24.6 Å². The third kappa shape index (κ3) is 2.28. The number of carbonyl (C=O) groups is 1. The van der Waals surface area contributed by atoms with E-state index in [0.717, 1.165) is 20.8 Å². The first-order valence-electron chi connectivity index (χ1n) is 6.70. The molecule has 0 atom stereocenters. The highest BCUT2D eigenvalue weighted by atomic mass is 32.1. The Balaban J connectivity index is 2.11. The minimum atomic E-state index is -0.331. The zero-order valence-electron chi connectivity index (χ0n) is 12.5. The van der Waals surface area contributed by atoms with Crippen molar-refractivity contribution in [1.29, 1.82) is 0 Å². The highest BCUT2D eigenvalue weighted by Crippen LogP contribution is 2.28. The predicted molar refractivity (Wildman–Crippen MR) is 84.5 cm³/mol. The van der Waals surface area contributed by atoms with Crippen LogP contribution in [0.1, 0.15) is 26.5 Å². The molecule has 22 heavy (non-hydrogen) atoms. The van der Waals surface area contributed by atoms with Crippen molar-refractivity contribution in [2.45, 2.75) is 13.5 Å². The van der Waals surface area contributed by atoms with Gasteiger partial charge in [0.1, 0.15) is 10.6 Å². The molecule has 3 rings (SSSR count). The number of ether oxygens (including phenoxy) is 1. The zero-order chi connectivity index (χ0) is 15.9. The van der Waals surface area contributed by atoms with Gasteiger partial charge in [-0.3, -0.25) is 14.3 Å². The van der Waals surface area contributed by atoms with Gasteiger partial charge < -0.3 is 9.84 Å². The number of ketones is 1. The van der Waals surface area contributed by atoms with Crippen LogP contribution < -0.4 is 5.56 Å². The van der Waals surface area contributed by atoms with Crippen LogP contribution in [0.2, 0.25) is 0 Å². The second-order valence-corrected chi connectivity index (χ2v) is 6.12. The van der Waals surface area contributed by atoms with Crippen LogP contribution in [-0.2, 0) is 18.4 Å². The summed E-state index contributed by atoms with van der Waals surface area (Å²) in [6, 6.07) is 3.62. The van der Waals surface area contributed by atoms with E-state index in [1.165, 1.54) is 10.9 Å². The monoisotopic (exact) mass is 317 g/mol. The summed E-state index contributed by atoms with van der Waals surface area (Å²) in [4.78, 5) is 29.0. The van der Waals surface area contributed by atoms with Crippen LogP contribution >= 0.6 is 11.3 Å². The molecule has 6 nitrogen and oxygen atoms in total. The molecule has 0 spiro atoms. The molecule has 7 heteroatoms. The summed E-state index contributed by atoms with van der Waals surface area (Å²) in [7, 11) is 3.20. The molecule has 0 fully saturated rings. The molecule has 0 saturated heterocycles. The molecule has 3 aromatic rings. The van der Waals surface area contributed by atoms with Crippen molar-refractivity contribution < 1.29 is 9.53 Å². The summed E-state index contributed by atoms with van der Waals surface area (Å²) in [6.45, 7) is 2.30. The summed E-state index contributed by atoms with van der Waals surface area (Å²) in [5.74, 6) is -0.289. The third-order valence-corrected chi connectivity index (χ3v) is 4.55. The van der Waals surface area contributed by atoms with Gasteiger partial charge in [0.2, 0.25) is 5.78 Å². The van der Waals surface area contributed by atoms with E-state index in [1.54, 1.807) is 31.6 Å². The molecule has 0 unspecified atom stereocenters. The molecule has 2 aromatic heterocycles. The molecule has 1 N–H and O–H groups in total. The Bertz CT molecular complexity index is 920. The summed E-state index contributed by atoms with van der Waals surface area (Å²) >= 11 is 1.54. The van der Waals surface area contributed by atoms with Gasteiger partial charge in [0, 0.05) is 25.9 Å². The number of rotatable bonds is 4. The second-order valence-electron chi connectivity index (χ2n) is 5.01. The van der Waals surface area contributed by atoms with Gasteiger partial charge in [0.15, 0.2) is 0 Å². The number of aromatic amines is 1. The molecule has 0 amide bonds. The number of benzene rings is 1. The Morgan fingerprint density at radius 2 is 2.18 bits per heavy atom. The van der Waals surface area contributed by atoms with Crippen LogP contribution in [-0.4, -0.2) is 27.7 Å². The van der Waals surface area contributed by atoms with Crippen molar-refractivity contribution in [3.05, 3.63) is 50.4 Å². The van der Waals surface area contributed by atoms with Gasteiger partial charge in [-0.2, -0.15) is 0 Å². The Hall–Kier alpha value is -2.25. The lowest BCUT2D eigenvalue weighted by atomic mass is 10.0. The maximum absolute atomic E-state index is 12.6. The second kappa shape index (κ2) is 5.51. The van der Waals surface area contributed by atoms with E-state index in [0.29, 0.717) is 12.2 Å². The number of aryl methyl sites for hydroxylation is 2. The number of nitrogens with zero attached hydrogens (tertiary/aromatic N) is 2. The summed E-state index contributed by atoms with van der Waals surface area (Å²) in [5.41, 5.74) is 1.87. The highest BCUT2D eigenvalue weighted by molar-refractivity contribution is 7.18. The molecule has 1 aromatic carbocycles. The number of hydrogen-bond acceptors (Lipinski definition) is 5. The fourth-order valence-electron chi connectivity index (χ4n) is 2.37. The fourth-order valence-corrected chi connectivity index (χ4v) is 3.37. The van der Waals surface area contributed by atoms with Crippen molar-refractivity contribution in [2.24, 2.45) is 7.05 Å². The van der Waals surface area contributed by atoms with Crippen LogP contribution in [0.3, 0.4) is 0 Å². The zero-order valence-corrected chi connectivity index (χ0v) is 13.3. The Labute approximate surface area is 130 Å². The topological polar surface area (TPSA) is 77.0 Å². The largest absolute Gasteiger partial charge is 0.378 e. The van der Waals surface area contributed by atoms with E-state index in [2.05, 4.69) is 10.1 Å². The van der Waals surface area contributed by atoms with Crippen molar-refractivity contribution in [2.75, 3.05) is 7.11 Å². The Kier molecular flexibility index (Phi) is 3.67. The smallest absolute Gasteiger partial charge is 0.277 e. The SMILES string of the molecule is COCc1nc2c(C)c(C(=O)c3c[nH]n(C)c3=O)ccc2s1. The van der Waals surface area contributed by atoms with Gasteiger partial charge in [-0.25, -0.2) is 4.98 Å². The van der Waals surface area contributed by atoms with E-state index in [1.807, 2.05) is 13.0 Å². The van der Waals surface area contributed by atoms with Crippen molar-refractivity contribution in [3.63, 3.8) is 0 Å². The van der Waals surface area contributed by atoms with Crippen molar-refractivity contribution in [3.8, 4) is 0 Å². The number of aromatic nitrogens is 3. The standard InChI is InChI=1S/C15H15N3O3S/c1-8-9(14(19)10-6-16-18(2)15(10)20)4-5-11-13(8)17-12(22-11)7-21-3/h4-6,16H,7H2,1-3H3. The minimum Gasteiger partial charge on any atom is -0.378 e. The molecule has 0 aliphatic carbocycles. The van der Waals surface area contributed by atoms with Gasteiger partial charge in [-0.15, -0.1) is 11.3 Å². The molecular formula is C15H15N3O3S. The van der Waals surface area contributed by atoms with E-state index in [-0.39, 0.29) is 16.9 Å². The van der Waals surface area contributed by atoms with E-state index >= 15 is 0 Å². The lowest BCUT2D eigenvalue weighted by molar-refractivity contribution is 0.103. The Morgan fingerprint density at radius 3 is 2.82 bits per heavy atom. The number of nitrogens with one attached hydrogen (secondary N) is 1. The molecular weight excluding hydrogens is 302 g/mol. The first-order valence-corrected chi connectivity index (χ1v) is 7.51. The molecule has 0 aliphatic rings. The molecule has 2 heterocycles. The maximum Gasteiger partial charge on any atom is 0.277 e. The van der Waals surface area contributed by atoms with E-state index in [4.69, 9.17) is 4.74 Å².